The Kier molecular flexibility index (Phi) is 7.61. The van der Waals surface area contributed by atoms with Crippen LogP contribution >= 0.6 is 0 Å². The number of fused-ring (bicyclic) bond motifs is 2. The summed E-state index contributed by atoms with van der Waals surface area (Å²) in [6.45, 7) is -0.672. The van der Waals surface area contributed by atoms with Gasteiger partial charge in [-0.05, 0) is 12.5 Å². The summed E-state index contributed by atoms with van der Waals surface area (Å²) < 4.78 is 43.7. The highest BCUT2D eigenvalue weighted by Gasteiger charge is 2.48. The zero-order valence-corrected chi connectivity index (χ0v) is 19.4. The molecule has 0 bridgehead atoms. The monoisotopic (exact) mass is 538 g/mol. The largest absolute Gasteiger partial charge is 0.491 e. The number of nitrogens with two attached hydrogens (primary N) is 1. The number of allylic oxidation sites excluding steroid dienone is 3. The molecule has 2 aliphatic carbocycles. The summed E-state index contributed by atoms with van der Waals surface area (Å²) in [4.78, 5) is 72.3. The minimum absolute atomic E-state index is 0.0170. The van der Waals surface area contributed by atoms with Crippen molar-refractivity contribution in [1.29, 1.82) is 0 Å². The second-order valence-corrected chi connectivity index (χ2v) is 8.36. The second-order valence-electron chi connectivity index (χ2n) is 8.36. The van der Waals surface area contributed by atoms with Gasteiger partial charge in [-0.2, -0.15) is 23.1 Å². The molecule has 0 spiro atoms. The number of esters is 1. The minimum atomic E-state index is -5.37. The number of halogens is 3. The van der Waals surface area contributed by atoms with Crippen LogP contribution in [0.25, 0.3) is 0 Å². The fraction of sp³-hybridized carbons (Fsp3) is 0.348. The molecule has 15 heteroatoms. The molecule has 4 rings (SSSR count). The number of Topliss-reactive ketones (excluding diaryl/α,β-unsaturated/α-hetero) is 2. The summed E-state index contributed by atoms with van der Waals surface area (Å²) in [6, 6.07) is 5.90. The maximum atomic E-state index is 13.5. The van der Waals surface area contributed by atoms with E-state index in [2.05, 4.69) is 20.4 Å². The topological polar surface area (TPSA) is 166 Å². The quantitative estimate of drug-likeness (QED) is 0.348. The van der Waals surface area contributed by atoms with Crippen molar-refractivity contribution >= 4 is 29.4 Å². The van der Waals surface area contributed by atoms with E-state index in [-0.39, 0.29) is 30.7 Å². The number of rotatable bonds is 5. The Morgan fingerprint density at radius 2 is 1.82 bits per heavy atom. The van der Waals surface area contributed by atoms with Crippen molar-refractivity contribution in [2.45, 2.75) is 18.8 Å². The van der Waals surface area contributed by atoms with Gasteiger partial charge in [0.15, 0.2) is 17.3 Å². The van der Waals surface area contributed by atoms with Gasteiger partial charge in [-0.25, -0.2) is 9.59 Å². The molecule has 3 unspecified atom stereocenters. The van der Waals surface area contributed by atoms with Crippen molar-refractivity contribution in [3.05, 3.63) is 59.0 Å². The standard InChI is InChI=1S/C23H21F3N4O8/c24-23(25,26)22(35)37-14-7-6-13-16(19(33)12-5-2-1-4-11(12)18(13)32)17(14)29-30-8-3-9-36-38-21(34)20(30)28-15(31)10-27/h1-2,4-7,13,16,20,29H,3,8-10,27H2,(H,28,31). The first kappa shape index (κ1) is 27.0. The summed E-state index contributed by atoms with van der Waals surface area (Å²) in [7, 11) is 0. The molecule has 1 fully saturated rings. The molecule has 0 aromatic heterocycles. The van der Waals surface area contributed by atoms with Crippen LogP contribution in [0.1, 0.15) is 27.1 Å². The fourth-order valence-corrected chi connectivity index (χ4v) is 4.21. The normalized spacial score (nSPS) is 24.0. The van der Waals surface area contributed by atoms with Gasteiger partial charge < -0.3 is 21.2 Å². The SMILES string of the molecule is NCC(=O)NC1C(=O)OOCCCN1NC1=C(OC(=O)C(F)(F)F)C=CC2C(=O)c3ccccc3C(=O)C12. The van der Waals surface area contributed by atoms with Crippen molar-refractivity contribution in [3.8, 4) is 0 Å². The Morgan fingerprint density at radius 3 is 2.47 bits per heavy atom. The first-order valence-electron chi connectivity index (χ1n) is 11.3. The molecule has 1 aromatic rings. The maximum absolute atomic E-state index is 13.5. The number of hydrogen-bond donors (Lipinski definition) is 3. The lowest BCUT2D eigenvalue weighted by Gasteiger charge is -2.38. The molecule has 1 aromatic carbocycles. The van der Waals surface area contributed by atoms with E-state index in [0.717, 1.165) is 11.1 Å². The summed E-state index contributed by atoms with van der Waals surface area (Å²) in [5, 5.41) is 3.34. The Labute approximate surface area is 212 Å². The number of alkyl halides is 3. The van der Waals surface area contributed by atoms with Crippen LogP contribution in [0.5, 0.6) is 0 Å². The second kappa shape index (κ2) is 10.7. The van der Waals surface area contributed by atoms with Gasteiger partial charge in [-0.15, -0.1) is 0 Å². The van der Waals surface area contributed by atoms with Crippen LogP contribution in [0.15, 0.2) is 47.9 Å². The molecule has 3 atom stereocenters. The van der Waals surface area contributed by atoms with E-state index in [1.807, 2.05) is 0 Å². The molecular formula is C23H21F3N4O8. The van der Waals surface area contributed by atoms with Gasteiger partial charge in [-0.3, -0.25) is 19.3 Å². The highest BCUT2D eigenvalue weighted by molar-refractivity contribution is 6.17. The van der Waals surface area contributed by atoms with E-state index in [1.54, 1.807) is 6.07 Å². The number of amides is 1. The molecule has 1 aliphatic heterocycles. The number of nitrogens with one attached hydrogen (secondary N) is 2. The van der Waals surface area contributed by atoms with Gasteiger partial charge in [0.05, 0.1) is 30.7 Å². The maximum Gasteiger partial charge on any atom is 0.491 e. The van der Waals surface area contributed by atoms with Crippen LogP contribution in [-0.2, 0) is 28.9 Å². The lowest BCUT2D eigenvalue weighted by atomic mass is 9.70. The van der Waals surface area contributed by atoms with Crippen LogP contribution in [0.3, 0.4) is 0 Å². The summed E-state index contributed by atoms with van der Waals surface area (Å²) in [6.07, 6.45) is -4.68. The number of benzene rings is 1. The van der Waals surface area contributed by atoms with Gasteiger partial charge in [0.25, 0.3) is 0 Å². The summed E-state index contributed by atoms with van der Waals surface area (Å²) >= 11 is 0. The number of nitrogens with zero attached hydrogens (tertiary/aromatic N) is 1. The molecule has 202 valence electrons. The molecule has 0 saturated carbocycles. The minimum Gasteiger partial charge on any atom is -0.418 e. The van der Waals surface area contributed by atoms with Gasteiger partial charge in [0.1, 0.15) is 0 Å². The number of ketones is 2. The molecule has 1 saturated heterocycles. The van der Waals surface area contributed by atoms with E-state index < -0.39 is 71.6 Å². The van der Waals surface area contributed by atoms with Crippen LogP contribution in [0.2, 0.25) is 0 Å². The van der Waals surface area contributed by atoms with Crippen LogP contribution < -0.4 is 16.5 Å². The smallest absolute Gasteiger partial charge is 0.418 e. The van der Waals surface area contributed by atoms with Crippen molar-refractivity contribution < 1.29 is 51.7 Å². The van der Waals surface area contributed by atoms with E-state index in [4.69, 9.17) is 10.6 Å². The van der Waals surface area contributed by atoms with Crippen LogP contribution in [0.4, 0.5) is 13.2 Å². The predicted molar refractivity (Wildman–Crippen MR) is 118 cm³/mol. The Bertz CT molecular complexity index is 1250. The molecule has 3 aliphatic rings. The van der Waals surface area contributed by atoms with E-state index in [1.165, 1.54) is 24.3 Å². The summed E-state index contributed by atoms with van der Waals surface area (Å²) in [5.41, 5.74) is 7.72. The fourth-order valence-electron chi connectivity index (χ4n) is 4.21. The molecule has 12 nitrogen and oxygen atoms in total. The summed E-state index contributed by atoms with van der Waals surface area (Å²) in [5.74, 6) is -8.92. The molecule has 0 radical (unpaired) electrons. The van der Waals surface area contributed by atoms with Crippen LogP contribution in [-0.4, -0.2) is 66.5 Å². The third-order valence-electron chi connectivity index (χ3n) is 5.92. The third kappa shape index (κ3) is 5.29. The van der Waals surface area contributed by atoms with E-state index >= 15 is 0 Å². The Balaban J connectivity index is 1.79. The number of carbonyl (C=O) groups excluding carboxylic acids is 5. The number of hydrogen-bond acceptors (Lipinski definition) is 11. The van der Waals surface area contributed by atoms with Crippen molar-refractivity contribution in [2.75, 3.05) is 19.7 Å². The van der Waals surface area contributed by atoms with E-state index in [9.17, 15) is 37.1 Å². The average molecular weight is 538 g/mol. The zero-order chi connectivity index (χ0) is 27.6. The zero-order valence-electron chi connectivity index (χ0n) is 19.4. The van der Waals surface area contributed by atoms with Gasteiger partial charge in [0, 0.05) is 17.7 Å². The first-order valence-corrected chi connectivity index (χ1v) is 11.3. The van der Waals surface area contributed by atoms with Gasteiger partial charge in [0.2, 0.25) is 12.1 Å². The lowest BCUT2D eigenvalue weighted by molar-refractivity contribution is -0.283. The number of carbonyl (C=O) groups is 5. The molecule has 4 N–H and O–H groups in total. The third-order valence-corrected chi connectivity index (χ3v) is 5.92. The van der Waals surface area contributed by atoms with Crippen LogP contribution in [0, 0.1) is 11.8 Å². The van der Waals surface area contributed by atoms with Gasteiger partial charge in [-0.1, -0.05) is 30.3 Å². The molecule has 1 heterocycles. The highest BCUT2D eigenvalue weighted by atomic mass is 19.4. The van der Waals surface area contributed by atoms with E-state index in [0.29, 0.717) is 0 Å². The predicted octanol–water partition coefficient (Wildman–Crippen LogP) is 0.271. The molecule has 1 amide bonds. The van der Waals surface area contributed by atoms with Gasteiger partial charge >= 0.3 is 18.1 Å². The first-order chi connectivity index (χ1) is 18.0. The average Bonchev–Trinajstić information content (AvgIpc) is 2.88. The Morgan fingerprint density at radius 1 is 1.13 bits per heavy atom. The molecular weight excluding hydrogens is 517 g/mol. The number of ether oxygens (including phenoxy) is 1. The number of hydrazine groups is 1. The lowest BCUT2D eigenvalue weighted by Crippen LogP contribution is -2.61. The van der Waals surface area contributed by atoms with Crippen molar-refractivity contribution in [3.63, 3.8) is 0 Å². The van der Waals surface area contributed by atoms with Crippen molar-refractivity contribution in [1.82, 2.24) is 15.8 Å². The highest BCUT2D eigenvalue weighted by Crippen LogP contribution is 2.39. The molecule has 38 heavy (non-hydrogen) atoms. The van der Waals surface area contributed by atoms with Crippen molar-refractivity contribution in [2.24, 2.45) is 17.6 Å². The Hall–Kier alpha value is -4.08.